The fraction of sp³-hybridized carbons (Fsp3) is 0.750. The van der Waals surface area contributed by atoms with Crippen molar-refractivity contribution in [2.75, 3.05) is 33.4 Å². The van der Waals surface area contributed by atoms with Crippen molar-refractivity contribution in [1.82, 2.24) is 10.2 Å². The molecule has 0 radical (unpaired) electrons. The molecule has 1 rings (SSSR count). The Hall–Kier alpha value is -0.840. The van der Waals surface area contributed by atoms with Crippen LogP contribution in [-0.2, 0) is 17.8 Å². The Morgan fingerprint density at radius 3 is 2.80 bits per heavy atom. The molecule has 116 valence electrons. The average molecular weight is 282 g/mol. The summed E-state index contributed by atoms with van der Waals surface area (Å²) in [6, 6.07) is 2.17. The fourth-order valence-corrected chi connectivity index (χ4v) is 2.05. The highest BCUT2D eigenvalue weighted by Crippen LogP contribution is 2.16. The van der Waals surface area contributed by atoms with Crippen LogP contribution in [0.25, 0.3) is 0 Å². The fourth-order valence-electron chi connectivity index (χ4n) is 2.05. The van der Waals surface area contributed by atoms with Gasteiger partial charge in [0.05, 0.1) is 13.2 Å². The summed E-state index contributed by atoms with van der Waals surface area (Å²) in [4.78, 5) is 2.26. The highest BCUT2D eigenvalue weighted by Gasteiger charge is 2.09. The van der Waals surface area contributed by atoms with Crippen LogP contribution in [0, 0.1) is 12.8 Å². The van der Waals surface area contributed by atoms with Crippen LogP contribution >= 0.6 is 0 Å². The van der Waals surface area contributed by atoms with Crippen molar-refractivity contribution in [3.63, 3.8) is 0 Å². The van der Waals surface area contributed by atoms with Gasteiger partial charge in [0.1, 0.15) is 11.5 Å². The van der Waals surface area contributed by atoms with Crippen LogP contribution in [0.4, 0.5) is 0 Å². The summed E-state index contributed by atoms with van der Waals surface area (Å²) < 4.78 is 11.2. The topological polar surface area (TPSA) is 37.6 Å². The Morgan fingerprint density at radius 1 is 1.40 bits per heavy atom. The molecule has 0 saturated carbocycles. The van der Waals surface area contributed by atoms with Crippen LogP contribution in [0.2, 0.25) is 0 Å². The first kappa shape index (κ1) is 17.2. The molecule has 1 N–H and O–H groups in total. The number of hydrogen-bond acceptors (Lipinski definition) is 4. The monoisotopic (exact) mass is 282 g/mol. The molecule has 0 saturated heterocycles. The van der Waals surface area contributed by atoms with Gasteiger partial charge in [0.15, 0.2) is 0 Å². The Bertz CT molecular complexity index is 375. The maximum Gasteiger partial charge on any atom is 0.118 e. The Balaban J connectivity index is 2.40. The predicted octanol–water partition coefficient (Wildman–Crippen LogP) is 2.80. The number of rotatable bonds is 10. The van der Waals surface area contributed by atoms with E-state index in [9.17, 15) is 0 Å². The summed E-state index contributed by atoms with van der Waals surface area (Å²) in [6.07, 6.45) is 0. The summed E-state index contributed by atoms with van der Waals surface area (Å²) in [6.45, 7) is 13.7. The molecule has 0 aliphatic heterocycles. The molecule has 0 atom stereocenters. The third-order valence-corrected chi connectivity index (χ3v) is 3.19. The highest BCUT2D eigenvalue weighted by molar-refractivity contribution is 5.20. The van der Waals surface area contributed by atoms with Crippen molar-refractivity contribution < 1.29 is 9.15 Å². The van der Waals surface area contributed by atoms with E-state index in [1.165, 1.54) is 5.56 Å². The number of likely N-dealkylation sites (N-methyl/N-ethyl adjacent to an activating group) is 1. The molecule has 0 unspecified atom stereocenters. The van der Waals surface area contributed by atoms with Gasteiger partial charge in [0, 0.05) is 25.3 Å². The van der Waals surface area contributed by atoms with Gasteiger partial charge in [-0.1, -0.05) is 13.8 Å². The molecule has 0 fully saturated rings. The molecule has 4 nitrogen and oxygen atoms in total. The maximum atomic E-state index is 5.80. The van der Waals surface area contributed by atoms with Crippen molar-refractivity contribution in [3.8, 4) is 0 Å². The molecular weight excluding hydrogens is 252 g/mol. The quantitative estimate of drug-likeness (QED) is 0.670. The van der Waals surface area contributed by atoms with E-state index in [1.54, 1.807) is 0 Å². The molecule has 1 aromatic rings. The molecule has 0 amide bonds. The second-order valence-corrected chi connectivity index (χ2v) is 5.75. The lowest BCUT2D eigenvalue weighted by Gasteiger charge is -2.15. The number of nitrogens with zero attached hydrogens (tertiary/aromatic N) is 1. The van der Waals surface area contributed by atoms with Crippen LogP contribution in [0.3, 0.4) is 0 Å². The lowest BCUT2D eigenvalue weighted by Crippen LogP contribution is -2.22. The zero-order valence-electron chi connectivity index (χ0n) is 13.7. The van der Waals surface area contributed by atoms with Crippen molar-refractivity contribution in [1.29, 1.82) is 0 Å². The van der Waals surface area contributed by atoms with Crippen LogP contribution in [-0.4, -0.2) is 38.3 Å². The number of ether oxygens (including phenoxy) is 1. The van der Waals surface area contributed by atoms with Gasteiger partial charge in [-0.3, -0.25) is 4.90 Å². The Morgan fingerprint density at radius 2 is 2.15 bits per heavy atom. The molecule has 1 aromatic heterocycles. The minimum Gasteiger partial charge on any atom is -0.465 e. The summed E-state index contributed by atoms with van der Waals surface area (Å²) in [7, 11) is 2.11. The molecule has 0 bridgehead atoms. The lowest BCUT2D eigenvalue weighted by atomic mass is 10.2. The number of nitrogens with one attached hydrogen (secondary N) is 1. The molecule has 0 aliphatic rings. The summed E-state index contributed by atoms with van der Waals surface area (Å²) >= 11 is 0. The third-order valence-electron chi connectivity index (χ3n) is 3.19. The molecule has 20 heavy (non-hydrogen) atoms. The van der Waals surface area contributed by atoms with Gasteiger partial charge >= 0.3 is 0 Å². The van der Waals surface area contributed by atoms with E-state index in [-0.39, 0.29) is 0 Å². The van der Waals surface area contributed by atoms with E-state index in [0.29, 0.717) is 5.92 Å². The second-order valence-electron chi connectivity index (χ2n) is 5.75. The largest absolute Gasteiger partial charge is 0.465 e. The zero-order chi connectivity index (χ0) is 15.0. The molecule has 1 heterocycles. The number of furan rings is 1. The minimum atomic E-state index is 0.662. The normalized spacial score (nSPS) is 11.8. The molecule has 0 aliphatic carbocycles. The van der Waals surface area contributed by atoms with E-state index in [1.807, 2.05) is 13.8 Å². The van der Waals surface area contributed by atoms with Gasteiger partial charge in [-0.15, -0.1) is 0 Å². The first-order valence-corrected chi connectivity index (χ1v) is 7.58. The van der Waals surface area contributed by atoms with Crippen molar-refractivity contribution in [3.05, 3.63) is 23.2 Å². The summed E-state index contributed by atoms with van der Waals surface area (Å²) in [5.41, 5.74) is 1.27. The van der Waals surface area contributed by atoms with Crippen molar-refractivity contribution in [2.45, 2.75) is 40.8 Å². The average Bonchev–Trinajstić information content (AvgIpc) is 2.70. The first-order chi connectivity index (χ1) is 9.52. The van der Waals surface area contributed by atoms with Crippen LogP contribution in [0.5, 0.6) is 0 Å². The Kier molecular flexibility index (Phi) is 7.88. The standard InChI is InChI=1S/C16H30N2O2/c1-6-19-8-7-18(5)12-15-9-16(20-14(15)4)11-17-10-13(2)3/h9,13,17H,6-8,10-12H2,1-5H3. The van der Waals surface area contributed by atoms with Gasteiger partial charge in [-0.2, -0.15) is 0 Å². The maximum absolute atomic E-state index is 5.80. The number of hydrogen-bond donors (Lipinski definition) is 1. The summed E-state index contributed by atoms with van der Waals surface area (Å²) in [5, 5.41) is 3.41. The molecule has 4 heteroatoms. The molecular formula is C16H30N2O2. The van der Waals surface area contributed by atoms with E-state index in [0.717, 1.165) is 50.9 Å². The van der Waals surface area contributed by atoms with Crippen molar-refractivity contribution in [2.24, 2.45) is 5.92 Å². The van der Waals surface area contributed by atoms with Gasteiger partial charge in [0.25, 0.3) is 0 Å². The highest BCUT2D eigenvalue weighted by atomic mass is 16.5. The van der Waals surface area contributed by atoms with Crippen LogP contribution in [0.15, 0.2) is 10.5 Å². The van der Waals surface area contributed by atoms with Gasteiger partial charge < -0.3 is 14.5 Å². The third kappa shape index (κ3) is 6.55. The SMILES string of the molecule is CCOCCN(C)Cc1cc(CNCC(C)C)oc1C. The van der Waals surface area contributed by atoms with E-state index in [2.05, 4.69) is 37.2 Å². The molecule has 0 spiro atoms. The van der Waals surface area contributed by atoms with Crippen molar-refractivity contribution >= 4 is 0 Å². The molecule has 0 aromatic carbocycles. The van der Waals surface area contributed by atoms with E-state index in [4.69, 9.17) is 9.15 Å². The number of aryl methyl sites for hydroxylation is 1. The van der Waals surface area contributed by atoms with Crippen LogP contribution < -0.4 is 5.32 Å². The predicted molar refractivity (Wildman–Crippen MR) is 82.8 cm³/mol. The van der Waals surface area contributed by atoms with E-state index < -0.39 is 0 Å². The smallest absolute Gasteiger partial charge is 0.118 e. The minimum absolute atomic E-state index is 0.662. The summed E-state index contributed by atoms with van der Waals surface area (Å²) in [5.74, 6) is 2.71. The van der Waals surface area contributed by atoms with Gasteiger partial charge in [0.2, 0.25) is 0 Å². The lowest BCUT2D eigenvalue weighted by molar-refractivity contribution is 0.120. The van der Waals surface area contributed by atoms with E-state index >= 15 is 0 Å². The first-order valence-electron chi connectivity index (χ1n) is 7.58. The Labute approximate surface area is 123 Å². The zero-order valence-corrected chi connectivity index (χ0v) is 13.7. The van der Waals surface area contributed by atoms with Crippen LogP contribution in [0.1, 0.15) is 37.9 Å². The van der Waals surface area contributed by atoms with Gasteiger partial charge in [-0.25, -0.2) is 0 Å². The second kappa shape index (κ2) is 9.16. The van der Waals surface area contributed by atoms with Gasteiger partial charge in [-0.05, 0) is 39.4 Å².